The molecule has 146 valence electrons. The summed E-state index contributed by atoms with van der Waals surface area (Å²) in [5.41, 5.74) is 1.22. The molecule has 1 atom stereocenters. The lowest BCUT2D eigenvalue weighted by molar-refractivity contribution is -0.159. The van der Waals surface area contributed by atoms with Crippen LogP contribution in [-0.2, 0) is 19.1 Å². The van der Waals surface area contributed by atoms with Gasteiger partial charge in [-0.25, -0.2) is 4.39 Å². The zero-order chi connectivity index (χ0) is 20.3. The Morgan fingerprint density at radius 3 is 2.50 bits per heavy atom. The molecule has 3 aromatic rings. The van der Waals surface area contributed by atoms with E-state index in [0.717, 1.165) is 14.2 Å². The lowest BCUT2D eigenvalue weighted by Crippen LogP contribution is -2.36. The van der Waals surface area contributed by atoms with E-state index in [1.165, 1.54) is 18.2 Å². The molecule has 28 heavy (non-hydrogen) atoms. The van der Waals surface area contributed by atoms with Crippen LogP contribution in [0.1, 0.15) is 11.6 Å². The summed E-state index contributed by atoms with van der Waals surface area (Å²) in [7, 11) is 2.28. The molecule has 0 aliphatic rings. The summed E-state index contributed by atoms with van der Waals surface area (Å²) in [5, 5.41) is 3.34. The van der Waals surface area contributed by atoms with E-state index in [4.69, 9.17) is 25.5 Å². The molecule has 7 nitrogen and oxygen atoms in total. The first-order chi connectivity index (χ1) is 13.4. The number of benzene rings is 2. The number of nitrogens with one attached hydrogen (secondary N) is 1. The maximum Gasteiger partial charge on any atom is 0.322 e. The largest absolute Gasteiger partial charge is 0.468 e. The first-order valence-electron chi connectivity index (χ1n) is 8.16. The van der Waals surface area contributed by atoms with E-state index < -0.39 is 29.7 Å². The first-order valence-corrected chi connectivity index (χ1v) is 8.54. The van der Waals surface area contributed by atoms with Crippen molar-refractivity contribution >= 4 is 40.7 Å². The van der Waals surface area contributed by atoms with Gasteiger partial charge in [0.1, 0.15) is 11.3 Å². The summed E-state index contributed by atoms with van der Waals surface area (Å²) >= 11 is 5.95. The van der Waals surface area contributed by atoms with Gasteiger partial charge >= 0.3 is 11.9 Å². The maximum absolute atomic E-state index is 13.8. The number of ether oxygens (including phenoxy) is 2. The molecular weight excluding hydrogens is 391 g/mol. The summed E-state index contributed by atoms with van der Waals surface area (Å²) in [5.74, 6) is -3.67. The average Bonchev–Trinajstić information content (AvgIpc) is 3.08. The van der Waals surface area contributed by atoms with Crippen molar-refractivity contribution in [3.05, 3.63) is 58.9 Å². The van der Waals surface area contributed by atoms with E-state index in [2.05, 4.69) is 10.3 Å². The molecule has 9 heteroatoms. The zero-order valence-electron chi connectivity index (χ0n) is 14.9. The van der Waals surface area contributed by atoms with Gasteiger partial charge in [-0.15, -0.1) is 0 Å². The van der Waals surface area contributed by atoms with Crippen LogP contribution in [0.5, 0.6) is 0 Å². The van der Waals surface area contributed by atoms with Crippen molar-refractivity contribution in [2.45, 2.75) is 6.04 Å². The predicted octanol–water partition coefficient (Wildman–Crippen LogP) is 3.74. The van der Waals surface area contributed by atoms with E-state index in [1.807, 2.05) is 0 Å². The Hall–Kier alpha value is -3.13. The van der Waals surface area contributed by atoms with Gasteiger partial charge in [-0.1, -0.05) is 23.7 Å². The molecule has 0 aliphatic carbocycles. The molecule has 0 amide bonds. The number of rotatable bonds is 6. The van der Waals surface area contributed by atoms with Crippen LogP contribution in [0.3, 0.4) is 0 Å². The van der Waals surface area contributed by atoms with Gasteiger partial charge in [0.15, 0.2) is 11.5 Å². The second-order valence-electron chi connectivity index (χ2n) is 5.83. The minimum absolute atomic E-state index is 0.0179. The van der Waals surface area contributed by atoms with Gasteiger partial charge in [0.05, 0.1) is 20.3 Å². The quantitative estimate of drug-likeness (QED) is 0.492. The monoisotopic (exact) mass is 406 g/mol. The number of oxazole rings is 1. The summed E-state index contributed by atoms with van der Waals surface area (Å²) in [6.45, 7) is 0. The number of fused-ring (bicyclic) bond motifs is 1. The highest BCUT2D eigenvalue weighted by Crippen LogP contribution is 2.31. The highest BCUT2D eigenvalue weighted by atomic mass is 35.5. The fourth-order valence-corrected chi connectivity index (χ4v) is 2.94. The Kier molecular flexibility index (Phi) is 5.79. The van der Waals surface area contributed by atoms with Gasteiger partial charge in [-0.3, -0.25) is 9.59 Å². The SMILES string of the molecule is COC(=O)C(C(=O)OC)C(Nc1nc2cc(Cl)ccc2o1)c1cccc(F)c1. The van der Waals surface area contributed by atoms with Crippen molar-refractivity contribution in [3.63, 3.8) is 0 Å². The van der Waals surface area contributed by atoms with Crippen LogP contribution in [0.2, 0.25) is 5.02 Å². The third-order valence-corrected chi connectivity index (χ3v) is 4.32. The van der Waals surface area contributed by atoms with Gasteiger partial charge < -0.3 is 19.2 Å². The lowest BCUT2D eigenvalue weighted by Gasteiger charge is -2.24. The van der Waals surface area contributed by atoms with E-state index in [0.29, 0.717) is 21.7 Å². The molecule has 1 heterocycles. The summed E-state index contributed by atoms with van der Waals surface area (Å²) in [6, 6.07) is 9.27. The first kappa shape index (κ1) is 19.6. The lowest BCUT2D eigenvalue weighted by atomic mass is 9.93. The van der Waals surface area contributed by atoms with E-state index >= 15 is 0 Å². The van der Waals surface area contributed by atoms with Crippen LogP contribution in [0.4, 0.5) is 10.4 Å². The maximum atomic E-state index is 13.8. The standard InChI is InChI=1S/C19H16ClFN2O5/c1-26-17(24)15(18(25)27-2)16(10-4-3-5-12(21)8-10)23-19-22-13-9-11(20)6-7-14(13)28-19/h3-9,15-16H,1-2H3,(H,22,23). The molecule has 1 aromatic heterocycles. The molecule has 1 N–H and O–H groups in total. The van der Waals surface area contributed by atoms with Crippen molar-refractivity contribution in [3.8, 4) is 0 Å². The molecule has 0 fully saturated rings. The highest BCUT2D eigenvalue weighted by molar-refractivity contribution is 6.31. The Labute approximate surface area is 164 Å². The molecule has 0 aliphatic heterocycles. The fourth-order valence-electron chi connectivity index (χ4n) is 2.78. The molecule has 0 saturated carbocycles. The van der Waals surface area contributed by atoms with Crippen molar-refractivity contribution < 1.29 is 27.9 Å². The number of hydrogen-bond donors (Lipinski definition) is 1. The molecule has 1 unspecified atom stereocenters. The van der Waals surface area contributed by atoms with Gasteiger partial charge in [-0.2, -0.15) is 4.98 Å². The number of esters is 2. The molecule has 0 saturated heterocycles. The molecular formula is C19H16ClFN2O5. The van der Waals surface area contributed by atoms with Crippen molar-refractivity contribution in [1.82, 2.24) is 4.98 Å². The fraction of sp³-hybridized carbons (Fsp3) is 0.211. The molecule has 3 rings (SSSR count). The van der Waals surface area contributed by atoms with Crippen LogP contribution in [0, 0.1) is 11.7 Å². The summed E-state index contributed by atoms with van der Waals surface area (Å²) < 4.78 is 28.9. The van der Waals surface area contributed by atoms with Crippen LogP contribution in [0.25, 0.3) is 11.1 Å². The third-order valence-electron chi connectivity index (χ3n) is 4.08. The Bertz CT molecular complexity index is 1010. The van der Waals surface area contributed by atoms with Crippen molar-refractivity contribution in [1.29, 1.82) is 0 Å². The number of hydrogen-bond acceptors (Lipinski definition) is 7. The smallest absolute Gasteiger partial charge is 0.322 e. The van der Waals surface area contributed by atoms with E-state index in [9.17, 15) is 14.0 Å². The normalized spacial score (nSPS) is 12.0. The van der Waals surface area contributed by atoms with Crippen LogP contribution < -0.4 is 5.32 Å². The number of halogens is 2. The second kappa shape index (κ2) is 8.26. The number of anilines is 1. The molecule has 0 radical (unpaired) electrons. The minimum Gasteiger partial charge on any atom is -0.468 e. The van der Waals surface area contributed by atoms with Crippen molar-refractivity contribution in [2.24, 2.45) is 5.92 Å². The highest BCUT2D eigenvalue weighted by Gasteiger charge is 2.39. The minimum atomic E-state index is -1.42. The third kappa shape index (κ3) is 4.07. The van der Waals surface area contributed by atoms with E-state index in [-0.39, 0.29) is 6.01 Å². The number of carbonyl (C=O) groups is 2. The number of nitrogens with zero attached hydrogens (tertiary/aromatic N) is 1. The Morgan fingerprint density at radius 2 is 1.86 bits per heavy atom. The molecule has 0 spiro atoms. The van der Waals surface area contributed by atoms with Gasteiger partial charge in [0, 0.05) is 5.02 Å². The Morgan fingerprint density at radius 1 is 1.14 bits per heavy atom. The van der Waals surface area contributed by atoms with Gasteiger partial charge in [0.2, 0.25) is 0 Å². The summed E-state index contributed by atoms with van der Waals surface area (Å²) in [6.07, 6.45) is 0. The number of methoxy groups -OCH3 is 2. The van der Waals surface area contributed by atoms with Crippen molar-refractivity contribution in [2.75, 3.05) is 19.5 Å². The summed E-state index contributed by atoms with van der Waals surface area (Å²) in [4.78, 5) is 28.8. The molecule has 2 aromatic carbocycles. The van der Waals surface area contributed by atoms with E-state index in [1.54, 1.807) is 24.3 Å². The predicted molar refractivity (Wildman–Crippen MR) is 99.3 cm³/mol. The zero-order valence-corrected chi connectivity index (χ0v) is 15.7. The second-order valence-corrected chi connectivity index (χ2v) is 6.27. The topological polar surface area (TPSA) is 90.7 Å². The van der Waals surface area contributed by atoms with Crippen LogP contribution in [-0.4, -0.2) is 31.1 Å². The number of carbonyl (C=O) groups excluding carboxylic acids is 2. The molecule has 0 bridgehead atoms. The average molecular weight is 407 g/mol. The van der Waals surface area contributed by atoms with Crippen LogP contribution >= 0.6 is 11.6 Å². The Balaban J connectivity index is 2.06. The van der Waals surface area contributed by atoms with Gasteiger partial charge in [0.25, 0.3) is 6.01 Å². The van der Waals surface area contributed by atoms with Crippen LogP contribution in [0.15, 0.2) is 46.9 Å². The van der Waals surface area contributed by atoms with Gasteiger partial charge in [-0.05, 0) is 35.9 Å². The number of aromatic nitrogens is 1.